The molecular formula is C5H9I2-. The third-order valence-corrected chi connectivity index (χ3v) is 7.78. The van der Waals surface area contributed by atoms with Crippen LogP contribution in [0.2, 0.25) is 0 Å². The summed E-state index contributed by atoms with van der Waals surface area (Å²) < 4.78 is 1.19. The Morgan fingerprint density at radius 2 is 1.86 bits per heavy atom. The van der Waals surface area contributed by atoms with Gasteiger partial charge >= 0.3 is 65.5 Å². The average Bonchev–Trinajstić information content (AvgIpc) is 2.14. The molecule has 1 aliphatic carbocycles. The van der Waals surface area contributed by atoms with Crippen LogP contribution in [0.4, 0.5) is 0 Å². The molecule has 2 heteroatoms. The molecule has 0 radical (unpaired) electrons. The van der Waals surface area contributed by atoms with Gasteiger partial charge in [0, 0.05) is 0 Å². The Morgan fingerprint density at radius 1 is 1.29 bits per heavy atom. The van der Waals surface area contributed by atoms with Crippen LogP contribution in [0, 0.1) is 0 Å². The predicted molar refractivity (Wildman–Crippen MR) is 36.3 cm³/mol. The predicted octanol–water partition coefficient (Wildman–Crippen LogP) is -0.632. The molecule has 0 aliphatic heterocycles. The van der Waals surface area contributed by atoms with Gasteiger partial charge in [-0.2, -0.15) is 0 Å². The van der Waals surface area contributed by atoms with E-state index >= 15 is 0 Å². The molecule has 0 nitrogen and oxygen atoms in total. The van der Waals surface area contributed by atoms with E-state index in [1.165, 1.54) is 16.8 Å². The van der Waals surface area contributed by atoms with Crippen molar-refractivity contribution in [1.29, 1.82) is 0 Å². The zero-order chi connectivity index (χ0) is 5.11. The third kappa shape index (κ3) is 2.03. The van der Waals surface area contributed by atoms with Gasteiger partial charge in [-0.05, 0) is 0 Å². The van der Waals surface area contributed by atoms with Gasteiger partial charge < -0.3 is 0 Å². The van der Waals surface area contributed by atoms with E-state index in [1.54, 1.807) is 12.8 Å². The summed E-state index contributed by atoms with van der Waals surface area (Å²) in [5.41, 5.74) is 0. The van der Waals surface area contributed by atoms with Crippen LogP contribution in [0.15, 0.2) is 0 Å². The van der Waals surface area contributed by atoms with Gasteiger partial charge in [-0.1, -0.05) is 0 Å². The molecule has 0 N–H and O–H groups in total. The van der Waals surface area contributed by atoms with E-state index < -0.39 is 0 Å². The number of alkyl halides is 1. The second kappa shape index (κ2) is 3.48. The topological polar surface area (TPSA) is 0 Å². The molecule has 1 saturated carbocycles. The first-order chi connectivity index (χ1) is 3.43. The number of hydrogen-bond donors (Lipinski definition) is 0. The molecule has 0 unspecified atom stereocenters. The minimum atomic E-state index is 0.574. The number of halogens is 2. The summed E-state index contributed by atoms with van der Waals surface area (Å²) in [4.78, 5) is 0. The minimum absolute atomic E-state index is 0.574. The second-order valence-electron chi connectivity index (χ2n) is 1.96. The van der Waals surface area contributed by atoms with Crippen LogP contribution in [-0.4, -0.2) is 3.92 Å². The monoisotopic (exact) mass is 323 g/mol. The summed E-state index contributed by atoms with van der Waals surface area (Å²) in [6.45, 7) is 0. The molecule has 0 aromatic carbocycles. The van der Waals surface area contributed by atoms with Crippen LogP contribution in [-0.2, 0) is 0 Å². The summed E-state index contributed by atoms with van der Waals surface area (Å²) in [6, 6.07) is 0. The summed E-state index contributed by atoms with van der Waals surface area (Å²) >= 11 is 3.17. The van der Waals surface area contributed by atoms with Crippen molar-refractivity contribution >= 4 is 18.6 Å². The Kier molecular flexibility index (Phi) is 3.27. The fourth-order valence-corrected chi connectivity index (χ4v) is 5.47. The van der Waals surface area contributed by atoms with Crippen LogP contribution in [0.5, 0.6) is 0 Å². The van der Waals surface area contributed by atoms with Crippen molar-refractivity contribution in [3.63, 3.8) is 0 Å². The summed E-state index contributed by atoms with van der Waals surface area (Å²) in [6.07, 6.45) is 6.15. The maximum absolute atomic E-state index is 2.60. The number of hydrogen-bond acceptors (Lipinski definition) is 0. The molecule has 0 spiro atoms. The molecule has 0 amide bonds. The molecule has 0 bridgehead atoms. The van der Waals surface area contributed by atoms with Crippen molar-refractivity contribution in [3.05, 3.63) is 0 Å². The quantitative estimate of drug-likeness (QED) is 0.445. The molecule has 0 aromatic heterocycles. The van der Waals surface area contributed by atoms with Gasteiger partial charge in [0.2, 0.25) is 0 Å². The Morgan fingerprint density at radius 3 is 2.14 bits per heavy atom. The Balaban J connectivity index is 2.14. The van der Waals surface area contributed by atoms with Gasteiger partial charge in [0.05, 0.1) is 0 Å². The van der Waals surface area contributed by atoms with E-state index in [1.807, 2.05) is 0 Å². The molecule has 0 aromatic rings. The van der Waals surface area contributed by atoms with Crippen molar-refractivity contribution in [1.82, 2.24) is 0 Å². The van der Waals surface area contributed by atoms with Crippen LogP contribution < -0.4 is 17.2 Å². The summed E-state index contributed by atoms with van der Waals surface area (Å²) in [5.74, 6) is 0. The zero-order valence-electron chi connectivity index (χ0n) is 4.16. The van der Waals surface area contributed by atoms with E-state index in [9.17, 15) is 0 Å². The first-order valence-corrected chi connectivity index (χ1v) is 10.2. The molecule has 1 fully saturated rings. The molecule has 0 saturated heterocycles. The normalized spacial score (nSPS) is 24.1. The Labute approximate surface area is 64.9 Å². The summed E-state index contributed by atoms with van der Waals surface area (Å²) in [7, 11) is 0. The van der Waals surface area contributed by atoms with Crippen molar-refractivity contribution < 1.29 is 17.2 Å². The van der Waals surface area contributed by atoms with E-state index in [-0.39, 0.29) is 0 Å². The average molecular weight is 323 g/mol. The zero-order valence-corrected chi connectivity index (χ0v) is 8.48. The van der Waals surface area contributed by atoms with Crippen LogP contribution >= 0.6 is 18.6 Å². The van der Waals surface area contributed by atoms with E-state index in [0.29, 0.717) is 17.2 Å². The molecule has 7 heavy (non-hydrogen) atoms. The van der Waals surface area contributed by atoms with Crippen LogP contribution in [0.3, 0.4) is 0 Å². The molecule has 0 atom stereocenters. The Bertz CT molecular complexity index is 48.0. The molecular weight excluding hydrogens is 314 g/mol. The first-order valence-electron chi connectivity index (χ1n) is 2.68. The summed E-state index contributed by atoms with van der Waals surface area (Å²) in [5, 5.41) is 0. The molecule has 44 valence electrons. The molecule has 0 heterocycles. The third-order valence-electron chi connectivity index (χ3n) is 1.40. The second-order valence-corrected chi connectivity index (χ2v) is 7.35. The van der Waals surface area contributed by atoms with Gasteiger partial charge in [0.1, 0.15) is 0 Å². The van der Waals surface area contributed by atoms with Gasteiger partial charge in [-0.15, -0.1) is 0 Å². The van der Waals surface area contributed by atoms with Crippen LogP contribution in [0.1, 0.15) is 25.7 Å². The first kappa shape index (κ1) is 6.58. The molecule has 1 aliphatic rings. The van der Waals surface area contributed by atoms with Gasteiger partial charge in [0.25, 0.3) is 0 Å². The van der Waals surface area contributed by atoms with Gasteiger partial charge in [-0.25, -0.2) is 0 Å². The fraction of sp³-hybridized carbons (Fsp3) is 1.00. The van der Waals surface area contributed by atoms with Crippen molar-refractivity contribution in [2.75, 3.05) is 0 Å². The van der Waals surface area contributed by atoms with E-state index in [2.05, 4.69) is 18.6 Å². The number of rotatable bonds is 1. The Hall–Kier alpha value is 1.46. The van der Waals surface area contributed by atoms with Crippen molar-refractivity contribution in [3.8, 4) is 0 Å². The van der Waals surface area contributed by atoms with Crippen molar-refractivity contribution in [2.24, 2.45) is 0 Å². The van der Waals surface area contributed by atoms with Crippen molar-refractivity contribution in [2.45, 2.75) is 29.6 Å². The fourth-order valence-electron chi connectivity index (χ4n) is 0.958. The van der Waals surface area contributed by atoms with Gasteiger partial charge in [-0.3, -0.25) is 0 Å². The standard InChI is InChI=1S/C5H9I2/c6-7-5-3-1-2-4-5/h5H,1-4H2/q-1. The SMILES string of the molecule is I[I-]C1CCCC1. The maximum atomic E-state index is 2.60. The van der Waals surface area contributed by atoms with Crippen LogP contribution in [0.25, 0.3) is 0 Å². The van der Waals surface area contributed by atoms with E-state index in [4.69, 9.17) is 0 Å². The van der Waals surface area contributed by atoms with E-state index in [0.717, 1.165) is 0 Å². The molecule has 1 rings (SSSR count). The van der Waals surface area contributed by atoms with Gasteiger partial charge in [0.15, 0.2) is 0 Å².